The molecule has 2 aromatic rings. The summed E-state index contributed by atoms with van der Waals surface area (Å²) in [5.74, 6) is 0.716. The number of nitro groups is 1. The van der Waals surface area contributed by atoms with E-state index in [9.17, 15) is 14.9 Å². The summed E-state index contributed by atoms with van der Waals surface area (Å²) in [6.45, 7) is 0.101. The Balaban J connectivity index is 2.27. The molecule has 7 heteroatoms. The van der Waals surface area contributed by atoms with Crippen LogP contribution in [0.2, 0.25) is 0 Å². The maximum Gasteiger partial charge on any atom is 0.311 e. The SMILES string of the molecule is COc1ccc(Br)cc1COc1ccc(C=O)cc1[N+](=O)[O-]. The van der Waals surface area contributed by atoms with Gasteiger partial charge in [-0.25, -0.2) is 0 Å². The quantitative estimate of drug-likeness (QED) is 0.442. The highest BCUT2D eigenvalue weighted by molar-refractivity contribution is 9.10. The molecule has 22 heavy (non-hydrogen) atoms. The number of nitro benzene ring substituents is 1. The molecule has 0 radical (unpaired) electrons. The van der Waals surface area contributed by atoms with Crippen molar-refractivity contribution >= 4 is 27.9 Å². The largest absolute Gasteiger partial charge is 0.496 e. The molecule has 6 nitrogen and oxygen atoms in total. The molecule has 0 aliphatic heterocycles. The number of ether oxygens (including phenoxy) is 2. The zero-order valence-corrected chi connectivity index (χ0v) is 13.2. The maximum absolute atomic E-state index is 11.1. The van der Waals surface area contributed by atoms with Crippen LogP contribution in [0, 0.1) is 10.1 Å². The van der Waals surface area contributed by atoms with Gasteiger partial charge in [0.25, 0.3) is 0 Å². The highest BCUT2D eigenvalue weighted by Gasteiger charge is 2.16. The predicted octanol–water partition coefficient (Wildman–Crippen LogP) is 3.76. The third kappa shape index (κ3) is 3.62. The average molecular weight is 366 g/mol. The summed E-state index contributed by atoms with van der Waals surface area (Å²) in [4.78, 5) is 21.2. The molecular weight excluding hydrogens is 354 g/mol. The first-order chi connectivity index (χ1) is 10.5. The third-order valence-corrected chi connectivity index (χ3v) is 3.43. The lowest BCUT2D eigenvalue weighted by Gasteiger charge is -2.11. The van der Waals surface area contributed by atoms with Gasteiger partial charge in [-0.1, -0.05) is 15.9 Å². The van der Waals surface area contributed by atoms with Gasteiger partial charge in [-0.2, -0.15) is 0 Å². The van der Waals surface area contributed by atoms with Gasteiger partial charge in [-0.15, -0.1) is 0 Å². The van der Waals surface area contributed by atoms with Crippen LogP contribution in [0.3, 0.4) is 0 Å². The fraction of sp³-hybridized carbons (Fsp3) is 0.133. The Labute approximate surface area is 134 Å². The van der Waals surface area contributed by atoms with Gasteiger partial charge in [-0.05, 0) is 30.3 Å². The van der Waals surface area contributed by atoms with E-state index < -0.39 is 4.92 Å². The summed E-state index contributed by atoms with van der Waals surface area (Å²) >= 11 is 3.35. The molecule has 0 aromatic heterocycles. The highest BCUT2D eigenvalue weighted by atomic mass is 79.9. The van der Waals surface area contributed by atoms with E-state index in [1.54, 1.807) is 6.07 Å². The van der Waals surface area contributed by atoms with E-state index in [0.717, 1.165) is 10.0 Å². The molecule has 0 atom stereocenters. The average Bonchev–Trinajstić information content (AvgIpc) is 2.52. The maximum atomic E-state index is 11.1. The second-order valence-corrected chi connectivity index (χ2v) is 5.26. The Kier molecular flexibility index (Phi) is 5.11. The Morgan fingerprint density at radius 1 is 1.23 bits per heavy atom. The van der Waals surface area contributed by atoms with Gasteiger partial charge in [-0.3, -0.25) is 14.9 Å². The zero-order valence-electron chi connectivity index (χ0n) is 11.6. The van der Waals surface area contributed by atoms with E-state index in [1.807, 2.05) is 12.1 Å². The number of aldehydes is 1. The van der Waals surface area contributed by atoms with Crippen LogP contribution in [0.1, 0.15) is 15.9 Å². The highest BCUT2D eigenvalue weighted by Crippen LogP contribution is 2.30. The number of nitrogens with zero attached hydrogens (tertiary/aromatic N) is 1. The predicted molar refractivity (Wildman–Crippen MR) is 83.5 cm³/mol. The standard InChI is InChI=1S/C15H12BrNO5/c1-21-14-5-3-12(16)7-11(14)9-22-15-4-2-10(8-18)6-13(15)17(19)20/h2-8H,9H2,1H3. The van der Waals surface area contributed by atoms with Crippen LogP contribution < -0.4 is 9.47 Å². The lowest BCUT2D eigenvalue weighted by Crippen LogP contribution is -2.01. The molecule has 114 valence electrons. The topological polar surface area (TPSA) is 78.7 Å². The Bertz CT molecular complexity index is 717. The van der Waals surface area contributed by atoms with E-state index in [2.05, 4.69) is 15.9 Å². The first kappa shape index (κ1) is 16.0. The molecule has 2 rings (SSSR count). The van der Waals surface area contributed by atoms with Crippen LogP contribution in [-0.2, 0) is 6.61 Å². The van der Waals surface area contributed by atoms with Crippen LogP contribution in [0.15, 0.2) is 40.9 Å². The number of carbonyl (C=O) groups excluding carboxylic acids is 1. The monoisotopic (exact) mass is 365 g/mol. The van der Waals surface area contributed by atoms with Gasteiger partial charge >= 0.3 is 5.69 Å². The molecule has 0 unspecified atom stereocenters. The van der Waals surface area contributed by atoms with Crippen molar-refractivity contribution in [2.75, 3.05) is 7.11 Å². The summed E-state index contributed by atoms with van der Waals surface area (Å²) in [5.41, 5.74) is 0.711. The van der Waals surface area contributed by atoms with Crippen molar-refractivity contribution in [2.24, 2.45) is 0 Å². The summed E-state index contributed by atoms with van der Waals surface area (Å²) in [6, 6.07) is 9.46. The Morgan fingerprint density at radius 2 is 1.95 bits per heavy atom. The van der Waals surface area contributed by atoms with Gasteiger partial charge in [0, 0.05) is 21.7 Å². The van der Waals surface area contributed by atoms with Crippen LogP contribution in [-0.4, -0.2) is 18.3 Å². The molecule has 0 fully saturated rings. The van der Waals surface area contributed by atoms with Crippen LogP contribution in [0.25, 0.3) is 0 Å². The molecule has 0 bridgehead atoms. The van der Waals surface area contributed by atoms with E-state index >= 15 is 0 Å². The smallest absolute Gasteiger partial charge is 0.311 e. The second-order valence-electron chi connectivity index (χ2n) is 4.35. The molecule has 0 saturated heterocycles. The van der Waals surface area contributed by atoms with Gasteiger partial charge in [0.05, 0.1) is 12.0 Å². The van der Waals surface area contributed by atoms with E-state index in [-0.39, 0.29) is 23.6 Å². The number of halogens is 1. The fourth-order valence-corrected chi connectivity index (χ4v) is 2.30. The first-order valence-electron chi connectivity index (χ1n) is 6.24. The van der Waals surface area contributed by atoms with E-state index in [4.69, 9.17) is 9.47 Å². The normalized spacial score (nSPS) is 10.1. The molecule has 0 amide bonds. The van der Waals surface area contributed by atoms with E-state index in [0.29, 0.717) is 12.0 Å². The summed E-state index contributed by atoms with van der Waals surface area (Å²) in [7, 11) is 1.54. The summed E-state index contributed by atoms with van der Waals surface area (Å²) in [6.07, 6.45) is 0.550. The van der Waals surface area contributed by atoms with Crippen molar-refractivity contribution in [1.29, 1.82) is 0 Å². The molecular formula is C15H12BrNO5. The van der Waals surface area contributed by atoms with Gasteiger partial charge in [0.1, 0.15) is 18.6 Å². The molecule has 2 aromatic carbocycles. The van der Waals surface area contributed by atoms with Crippen molar-refractivity contribution in [1.82, 2.24) is 0 Å². The molecule has 0 heterocycles. The van der Waals surface area contributed by atoms with Crippen molar-refractivity contribution in [3.05, 3.63) is 62.1 Å². The Hall–Kier alpha value is -2.41. The van der Waals surface area contributed by atoms with Crippen molar-refractivity contribution in [3.63, 3.8) is 0 Å². The van der Waals surface area contributed by atoms with Crippen molar-refractivity contribution < 1.29 is 19.2 Å². The number of benzene rings is 2. The van der Waals surface area contributed by atoms with Gasteiger partial charge < -0.3 is 9.47 Å². The minimum Gasteiger partial charge on any atom is -0.496 e. The van der Waals surface area contributed by atoms with Crippen molar-refractivity contribution in [3.8, 4) is 11.5 Å². The molecule has 0 N–H and O–H groups in total. The van der Waals surface area contributed by atoms with Crippen LogP contribution >= 0.6 is 15.9 Å². The number of methoxy groups -OCH3 is 1. The van der Waals surface area contributed by atoms with Crippen molar-refractivity contribution in [2.45, 2.75) is 6.61 Å². The summed E-state index contributed by atoms with van der Waals surface area (Å²) < 4.78 is 11.6. The third-order valence-electron chi connectivity index (χ3n) is 2.94. The lowest BCUT2D eigenvalue weighted by atomic mass is 10.2. The molecule has 0 saturated carbocycles. The van der Waals surface area contributed by atoms with Gasteiger partial charge in [0.2, 0.25) is 0 Å². The zero-order chi connectivity index (χ0) is 16.1. The summed E-state index contributed by atoms with van der Waals surface area (Å²) in [5, 5.41) is 11.1. The number of hydrogen-bond donors (Lipinski definition) is 0. The molecule has 0 spiro atoms. The molecule has 0 aliphatic rings. The minimum atomic E-state index is -0.583. The first-order valence-corrected chi connectivity index (χ1v) is 7.03. The van der Waals surface area contributed by atoms with E-state index in [1.165, 1.54) is 25.3 Å². The fourth-order valence-electron chi connectivity index (χ4n) is 1.89. The number of hydrogen-bond acceptors (Lipinski definition) is 5. The second kappa shape index (κ2) is 7.04. The minimum absolute atomic E-state index is 0.0950. The lowest BCUT2D eigenvalue weighted by molar-refractivity contribution is -0.386. The molecule has 0 aliphatic carbocycles. The number of rotatable bonds is 6. The van der Waals surface area contributed by atoms with Gasteiger partial charge in [0.15, 0.2) is 5.75 Å². The number of carbonyl (C=O) groups is 1. The van der Waals surface area contributed by atoms with Crippen LogP contribution in [0.4, 0.5) is 5.69 Å². The van der Waals surface area contributed by atoms with Crippen LogP contribution in [0.5, 0.6) is 11.5 Å². The Morgan fingerprint density at radius 3 is 2.59 bits per heavy atom.